The summed E-state index contributed by atoms with van der Waals surface area (Å²) in [6.07, 6.45) is 5.41. The standard InChI is InChI=1S/C16H20FNO2/c17-13-7-5-11(6-8-13)10-18-14-4-2-1-3-12(14)9-15(18)16(19)20/h5-8,12,14-15H,1-4,9-10H2,(H,19,20)/t12-,14-,15-/m0/s1. The summed E-state index contributed by atoms with van der Waals surface area (Å²) in [5.74, 6) is -0.452. The molecule has 2 fully saturated rings. The number of fused-ring (bicyclic) bond motifs is 1. The Balaban J connectivity index is 1.80. The van der Waals surface area contributed by atoms with E-state index in [1.54, 1.807) is 12.1 Å². The summed E-state index contributed by atoms with van der Waals surface area (Å²) < 4.78 is 13.0. The van der Waals surface area contributed by atoms with Gasteiger partial charge in [-0.25, -0.2) is 4.39 Å². The summed E-state index contributed by atoms with van der Waals surface area (Å²) in [6.45, 7) is 0.610. The molecule has 1 aromatic carbocycles. The molecule has 0 unspecified atom stereocenters. The Labute approximate surface area is 118 Å². The van der Waals surface area contributed by atoms with E-state index >= 15 is 0 Å². The van der Waals surface area contributed by atoms with Crippen molar-refractivity contribution in [3.63, 3.8) is 0 Å². The third-order valence-electron chi connectivity index (χ3n) is 4.78. The highest BCUT2D eigenvalue weighted by molar-refractivity contribution is 5.74. The van der Waals surface area contributed by atoms with Crippen LogP contribution in [-0.2, 0) is 11.3 Å². The molecule has 0 amide bonds. The van der Waals surface area contributed by atoms with Gasteiger partial charge in [0.2, 0.25) is 0 Å². The Hall–Kier alpha value is -1.42. The third kappa shape index (κ3) is 2.57. The van der Waals surface area contributed by atoms with Crippen LogP contribution in [0.2, 0.25) is 0 Å². The van der Waals surface area contributed by atoms with Crippen molar-refractivity contribution in [3.05, 3.63) is 35.6 Å². The number of carbonyl (C=O) groups is 1. The average molecular weight is 277 g/mol. The molecule has 1 aliphatic heterocycles. The number of carboxylic acids is 1. The Kier molecular flexibility index (Phi) is 3.74. The highest BCUT2D eigenvalue weighted by Gasteiger charge is 2.44. The van der Waals surface area contributed by atoms with Crippen molar-refractivity contribution >= 4 is 5.97 Å². The topological polar surface area (TPSA) is 40.5 Å². The number of benzene rings is 1. The van der Waals surface area contributed by atoms with E-state index in [2.05, 4.69) is 4.90 Å². The molecule has 2 aliphatic rings. The molecular weight excluding hydrogens is 257 g/mol. The largest absolute Gasteiger partial charge is 0.480 e. The fourth-order valence-electron chi connectivity index (χ4n) is 3.82. The molecule has 1 aliphatic carbocycles. The average Bonchev–Trinajstić information content (AvgIpc) is 2.81. The Morgan fingerprint density at radius 3 is 2.65 bits per heavy atom. The zero-order chi connectivity index (χ0) is 14.1. The number of rotatable bonds is 3. The number of halogens is 1. The molecule has 0 radical (unpaired) electrons. The van der Waals surface area contributed by atoms with Gasteiger partial charge in [0, 0.05) is 12.6 Å². The maximum Gasteiger partial charge on any atom is 0.320 e. The summed E-state index contributed by atoms with van der Waals surface area (Å²) in [5.41, 5.74) is 0.990. The highest BCUT2D eigenvalue weighted by atomic mass is 19.1. The molecule has 1 aromatic rings. The molecule has 20 heavy (non-hydrogen) atoms. The summed E-state index contributed by atoms with van der Waals surface area (Å²) in [7, 11) is 0. The number of hydrogen-bond acceptors (Lipinski definition) is 2. The lowest BCUT2D eigenvalue weighted by Gasteiger charge is -2.33. The predicted octanol–water partition coefficient (Wildman–Crippen LogP) is 3.04. The van der Waals surface area contributed by atoms with Crippen LogP contribution >= 0.6 is 0 Å². The molecule has 1 saturated carbocycles. The molecule has 0 aromatic heterocycles. The first-order valence-corrected chi connectivity index (χ1v) is 7.38. The molecule has 108 valence electrons. The van der Waals surface area contributed by atoms with Gasteiger partial charge in [-0.2, -0.15) is 0 Å². The molecule has 3 rings (SSSR count). The molecule has 0 bridgehead atoms. The van der Waals surface area contributed by atoms with Gasteiger partial charge in [0.25, 0.3) is 0 Å². The first-order chi connectivity index (χ1) is 9.65. The van der Waals surface area contributed by atoms with Gasteiger partial charge in [0.1, 0.15) is 11.9 Å². The van der Waals surface area contributed by atoms with E-state index in [1.165, 1.54) is 25.0 Å². The first-order valence-electron chi connectivity index (χ1n) is 7.38. The van der Waals surface area contributed by atoms with Crippen molar-refractivity contribution < 1.29 is 14.3 Å². The van der Waals surface area contributed by atoms with Crippen LogP contribution in [0.25, 0.3) is 0 Å². The second-order valence-electron chi connectivity index (χ2n) is 6.00. The second kappa shape index (κ2) is 5.52. The van der Waals surface area contributed by atoms with Crippen LogP contribution in [0, 0.1) is 11.7 Å². The molecule has 1 N–H and O–H groups in total. The van der Waals surface area contributed by atoms with Crippen LogP contribution in [-0.4, -0.2) is 28.1 Å². The predicted molar refractivity (Wildman–Crippen MR) is 73.7 cm³/mol. The normalized spacial score (nSPS) is 30.1. The quantitative estimate of drug-likeness (QED) is 0.923. The molecule has 3 atom stereocenters. The summed E-state index contributed by atoms with van der Waals surface area (Å²) >= 11 is 0. The van der Waals surface area contributed by atoms with Crippen molar-refractivity contribution in [2.45, 2.75) is 50.7 Å². The Morgan fingerprint density at radius 1 is 1.25 bits per heavy atom. The Bertz CT molecular complexity index is 488. The van der Waals surface area contributed by atoms with Gasteiger partial charge >= 0.3 is 5.97 Å². The van der Waals surface area contributed by atoms with Crippen LogP contribution in [0.4, 0.5) is 4.39 Å². The fraction of sp³-hybridized carbons (Fsp3) is 0.562. The Morgan fingerprint density at radius 2 is 1.95 bits per heavy atom. The number of nitrogens with zero attached hydrogens (tertiary/aromatic N) is 1. The van der Waals surface area contributed by atoms with Gasteiger partial charge in [-0.05, 0) is 42.9 Å². The van der Waals surface area contributed by atoms with Crippen molar-refractivity contribution in [1.29, 1.82) is 0 Å². The van der Waals surface area contributed by atoms with E-state index in [0.29, 0.717) is 18.5 Å². The number of hydrogen-bond donors (Lipinski definition) is 1. The minimum absolute atomic E-state index is 0.250. The van der Waals surface area contributed by atoms with E-state index in [0.717, 1.165) is 24.8 Å². The van der Waals surface area contributed by atoms with E-state index < -0.39 is 5.97 Å². The molecule has 1 heterocycles. The van der Waals surface area contributed by atoms with Crippen LogP contribution in [0.3, 0.4) is 0 Å². The van der Waals surface area contributed by atoms with E-state index in [1.807, 2.05) is 0 Å². The fourth-order valence-corrected chi connectivity index (χ4v) is 3.82. The van der Waals surface area contributed by atoms with Crippen LogP contribution < -0.4 is 0 Å². The summed E-state index contributed by atoms with van der Waals surface area (Å²) in [4.78, 5) is 13.6. The van der Waals surface area contributed by atoms with Crippen molar-refractivity contribution in [1.82, 2.24) is 4.90 Å². The zero-order valence-corrected chi connectivity index (χ0v) is 11.5. The lowest BCUT2D eigenvalue weighted by Crippen LogP contribution is -2.41. The first kappa shape index (κ1) is 13.6. The highest BCUT2D eigenvalue weighted by Crippen LogP contribution is 2.40. The SMILES string of the molecule is O=C(O)[C@@H]1C[C@@H]2CCCC[C@@H]2N1Cc1ccc(F)cc1. The molecule has 3 nitrogen and oxygen atoms in total. The van der Waals surface area contributed by atoms with Gasteiger partial charge in [-0.15, -0.1) is 0 Å². The molecule has 4 heteroatoms. The minimum atomic E-state index is -0.721. The lowest BCUT2D eigenvalue weighted by molar-refractivity contribution is -0.142. The van der Waals surface area contributed by atoms with E-state index in [4.69, 9.17) is 0 Å². The van der Waals surface area contributed by atoms with Crippen molar-refractivity contribution in [2.75, 3.05) is 0 Å². The summed E-state index contributed by atoms with van der Waals surface area (Å²) in [6, 6.07) is 6.40. The minimum Gasteiger partial charge on any atom is -0.480 e. The van der Waals surface area contributed by atoms with Gasteiger partial charge in [-0.3, -0.25) is 9.69 Å². The molecule has 0 spiro atoms. The zero-order valence-electron chi connectivity index (χ0n) is 11.5. The lowest BCUT2D eigenvalue weighted by atomic mass is 9.84. The summed E-state index contributed by atoms with van der Waals surface area (Å²) in [5, 5.41) is 9.45. The van der Waals surface area contributed by atoms with E-state index in [-0.39, 0.29) is 11.9 Å². The van der Waals surface area contributed by atoms with Crippen LogP contribution in [0.15, 0.2) is 24.3 Å². The van der Waals surface area contributed by atoms with Gasteiger partial charge in [-0.1, -0.05) is 25.0 Å². The monoisotopic (exact) mass is 277 g/mol. The van der Waals surface area contributed by atoms with Gasteiger partial charge < -0.3 is 5.11 Å². The molecule has 1 saturated heterocycles. The second-order valence-corrected chi connectivity index (χ2v) is 6.00. The van der Waals surface area contributed by atoms with Crippen molar-refractivity contribution in [2.24, 2.45) is 5.92 Å². The van der Waals surface area contributed by atoms with Crippen LogP contribution in [0.1, 0.15) is 37.7 Å². The number of likely N-dealkylation sites (tertiary alicyclic amines) is 1. The van der Waals surface area contributed by atoms with Crippen molar-refractivity contribution in [3.8, 4) is 0 Å². The maximum absolute atomic E-state index is 13.0. The molecular formula is C16H20FNO2. The van der Waals surface area contributed by atoms with Crippen LogP contribution in [0.5, 0.6) is 0 Å². The number of carboxylic acid groups (broad SMARTS) is 1. The van der Waals surface area contributed by atoms with Gasteiger partial charge in [0.05, 0.1) is 0 Å². The number of aliphatic carboxylic acids is 1. The van der Waals surface area contributed by atoms with E-state index in [9.17, 15) is 14.3 Å². The maximum atomic E-state index is 13.0. The smallest absolute Gasteiger partial charge is 0.320 e. The third-order valence-corrected chi connectivity index (χ3v) is 4.78. The van der Waals surface area contributed by atoms with Gasteiger partial charge in [0.15, 0.2) is 0 Å².